The van der Waals surface area contributed by atoms with Crippen molar-refractivity contribution in [2.75, 3.05) is 20.8 Å². The maximum atomic E-state index is 11.8. The van der Waals surface area contributed by atoms with Crippen molar-refractivity contribution in [3.8, 4) is 11.3 Å². The van der Waals surface area contributed by atoms with Crippen molar-refractivity contribution in [1.29, 1.82) is 0 Å². The summed E-state index contributed by atoms with van der Waals surface area (Å²) in [6.45, 7) is 0.294. The van der Waals surface area contributed by atoms with Gasteiger partial charge in [-0.1, -0.05) is 5.21 Å². The zero-order valence-electron chi connectivity index (χ0n) is 12.1. The molecule has 0 aliphatic carbocycles. The van der Waals surface area contributed by atoms with Crippen LogP contribution in [0.2, 0.25) is 0 Å². The third-order valence-electron chi connectivity index (χ3n) is 2.83. The van der Waals surface area contributed by atoms with E-state index in [2.05, 4.69) is 15.4 Å². The largest absolute Gasteiger partial charge is 0.464 e. The van der Waals surface area contributed by atoms with E-state index in [-0.39, 0.29) is 18.8 Å². The quantitative estimate of drug-likeness (QED) is 0.714. The molecule has 1 unspecified atom stereocenters. The molecule has 2 heterocycles. The van der Waals surface area contributed by atoms with Gasteiger partial charge in [0.05, 0.1) is 32.6 Å². The highest BCUT2D eigenvalue weighted by molar-refractivity contribution is 5.93. The molecule has 0 spiro atoms. The van der Waals surface area contributed by atoms with Crippen LogP contribution in [0.1, 0.15) is 10.5 Å². The second-order valence-corrected chi connectivity index (χ2v) is 4.47. The Morgan fingerprint density at radius 1 is 1.48 bits per heavy atom. The van der Waals surface area contributed by atoms with Crippen molar-refractivity contribution >= 4 is 5.97 Å². The molecule has 9 heteroatoms. The smallest absolute Gasteiger partial charge is 0.360 e. The Hall–Kier alpha value is -2.26. The predicted octanol–water partition coefficient (Wildman–Crippen LogP) is -0.528. The minimum atomic E-state index is -0.766. The number of nitrogens with zero attached hydrogens (tertiary/aromatic N) is 5. The SMILES string of the molecule is COCC(O)Cn1nnc(C(=O)OC)c1-c1cnn(C)c1. The Balaban J connectivity index is 2.41. The molecule has 2 aromatic rings. The molecule has 0 saturated carbocycles. The van der Waals surface area contributed by atoms with E-state index in [1.54, 1.807) is 24.1 Å². The first kappa shape index (κ1) is 15.1. The molecule has 0 amide bonds. The highest BCUT2D eigenvalue weighted by atomic mass is 16.5. The number of ether oxygens (including phenoxy) is 2. The summed E-state index contributed by atoms with van der Waals surface area (Å²) >= 11 is 0. The summed E-state index contributed by atoms with van der Waals surface area (Å²) in [5.41, 5.74) is 1.19. The van der Waals surface area contributed by atoms with Gasteiger partial charge in [-0.2, -0.15) is 5.10 Å². The van der Waals surface area contributed by atoms with Crippen LogP contribution in [-0.2, 0) is 23.1 Å². The first-order valence-electron chi connectivity index (χ1n) is 6.24. The van der Waals surface area contributed by atoms with Crippen LogP contribution in [0.5, 0.6) is 0 Å². The number of hydrogen-bond donors (Lipinski definition) is 1. The lowest BCUT2D eigenvalue weighted by Crippen LogP contribution is -2.22. The highest BCUT2D eigenvalue weighted by Gasteiger charge is 2.23. The Morgan fingerprint density at radius 3 is 2.81 bits per heavy atom. The van der Waals surface area contributed by atoms with Gasteiger partial charge >= 0.3 is 5.97 Å². The van der Waals surface area contributed by atoms with Crippen LogP contribution >= 0.6 is 0 Å². The van der Waals surface area contributed by atoms with Gasteiger partial charge in [-0.15, -0.1) is 5.10 Å². The summed E-state index contributed by atoms with van der Waals surface area (Å²) in [5.74, 6) is -0.596. The summed E-state index contributed by atoms with van der Waals surface area (Å²) in [4.78, 5) is 11.8. The fourth-order valence-electron chi connectivity index (χ4n) is 1.95. The van der Waals surface area contributed by atoms with Crippen molar-refractivity contribution in [3.05, 3.63) is 18.1 Å². The number of rotatable bonds is 6. The van der Waals surface area contributed by atoms with Gasteiger partial charge < -0.3 is 14.6 Å². The Bertz CT molecular complexity index is 621. The standard InChI is InChI=1S/C12H17N5O4/c1-16-5-8(4-13-16)11-10(12(19)21-3)14-15-17(11)6-9(18)7-20-2/h4-5,9,18H,6-7H2,1-3H3. The lowest BCUT2D eigenvalue weighted by molar-refractivity contribution is 0.0513. The number of hydrogen-bond acceptors (Lipinski definition) is 7. The number of aliphatic hydroxyl groups is 1. The maximum absolute atomic E-state index is 11.8. The van der Waals surface area contributed by atoms with Gasteiger partial charge in [0.1, 0.15) is 5.69 Å². The zero-order valence-corrected chi connectivity index (χ0v) is 12.1. The topological polar surface area (TPSA) is 104 Å². The highest BCUT2D eigenvalue weighted by Crippen LogP contribution is 2.22. The molecule has 0 bridgehead atoms. The molecule has 0 radical (unpaired) electrons. The molecule has 114 valence electrons. The molecule has 1 atom stereocenters. The van der Waals surface area contributed by atoms with E-state index < -0.39 is 12.1 Å². The second-order valence-electron chi connectivity index (χ2n) is 4.47. The van der Waals surface area contributed by atoms with Crippen LogP contribution in [0.4, 0.5) is 0 Å². The van der Waals surface area contributed by atoms with Gasteiger partial charge in [0.2, 0.25) is 0 Å². The van der Waals surface area contributed by atoms with E-state index in [9.17, 15) is 9.90 Å². The Labute approximate surface area is 121 Å². The minimum Gasteiger partial charge on any atom is -0.464 e. The van der Waals surface area contributed by atoms with Crippen LogP contribution in [0, 0.1) is 0 Å². The molecule has 9 nitrogen and oxygen atoms in total. The first-order chi connectivity index (χ1) is 10.1. The van der Waals surface area contributed by atoms with Gasteiger partial charge in [0.25, 0.3) is 0 Å². The monoisotopic (exact) mass is 295 g/mol. The van der Waals surface area contributed by atoms with E-state index in [1.807, 2.05) is 0 Å². The van der Waals surface area contributed by atoms with E-state index in [4.69, 9.17) is 9.47 Å². The fraction of sp³-hybridized carbons (Fsp3) is 0.500. The molecule has 0 aromatic carbocycles. The van der Waals surface area contributed by atoms with Crippen molar-refractivity contribution in [2.45, 2.75) is 12.6 Å². The number of methoxy groups -OCH3 is 2. The van der Waals surface area contributed by atoms with E-state index in [1.165, 1.54) is 18.9 Å². The summed E-state index contributed by atoms with van der Waals surface area (Å²) in [7, 11) is 4.52. The molecule has 0 aliphatic heterocycles. The number of carbonyl (C=O) groups is 1. The third-order valence-corrected chi connectivity index (χ3v) is 2.83. The average molecular weight is 295 g/mol. The average Bonchev–Trinajstić information content (AvgIpc) is 3.04. The second kappa shape index (κ2) is 6.46. The molecular formula is C12H17N5O4. The van der Waals surface area contributed by atoms with Crippen LogP contribution in [0.3, 0.4) is 0 Å². The molecule has 0 fully saturated rings. The molecular weight excluding hydrogens is 278 g/mol. The summed E-state index contributed by atoms with van der Waals surface area (Å²) in [6, 6.07) is 0. The van der Waals surface area contributed by atoms with Crippen molar-refractivity contribution in [1.82, 2.24) is 24.8 Å². The van der Waals surface area contributed by atoms with Crippen LogP contribution in [0.15, 0.2) is 12.4 Å². The van der Waals surface area contributed by atoms with Crippen LogP contribution in [-0.4, -0.2) is 62.8 Å². The number of aliphatic hydroxyl groups excluding tert-OH is 1. The fourth-order valence-corrected chi connectivity index (χ4v) is 1.95. The summed E-state index contributed by atoms with van der Waals surface area (Å²) in [5, 5.41) is 21.6. The van der Waals surface area contributed by atoms with Gasteiger partial charge in [-0.25, -0.2) is 9.48 Å². The van der Waals surface area contributed by atoms with Crippen molar-refractivity contribution < 1.29 is 19.4 Å². The van der Waals surface area contributed by atoms with Gasteiger partial charge in [-0.3, -0.25) is 4.68 Å². The van der Waals surface area contributed by atoms with Crippen LogP contribution in [0.25, 0.3) is 11.3 Å². The predicted molar refractivity (Wildman–Crippen MR) is 71.4 cm³/mol. The molecule has 21 heavy (non-hydrogen) atoms. The molecule has 1 N–H and O–H groups in total. The van der Waals surface area contributed by atoms with Crippen molar-refractivity contribution in [2.24, 2.45) is 7.05 Å². The molecule has 0 saturated heterocycles. The summed E-state index contributed by atoms with van der Waals surface area (Å²) < 4.78 is 12.6. The molecule has 0 aliphatic rings. The number of aromatic nitrogens is 5. The normalized spacial score (nSPS) is 12.4. The minimum absolute atomic E-state index is 0.0788. The lowest BCUT2D eigenvalue weighted by Gasteiger charge is -2.11. The van der Waals surface area contributed by atoms with Gasteiger partial charge in [0, 0.05) is 25.9 Å². The van der Waals surface area contributed by atoms with Crippen LogP contribution < -0.4 is 0 Å². The summed E-state index contributed by atoms with van der Waals surface area (Å²) in [6.07, 6.45) is 2.55. The first-order valence-corrected chi connectivity index (χ1v) is 6.24. The third kappa shape index (κ3) is 3.26. The van der Waals surface area contributed by atoms with E-state index in [0.717, 1.165) is 0 Å². The van der Waals surface area contributed by atoms with Gasteiger partial charge in [0.15, 0.2) is 5.69 Å². The zero-order chi connectivity index (χ0) is 15.4. The van der Waals surface area contributed by atoms with Crippen molar-refractivity contribution in [3.63, 3.8) is 0 Å². The lowest BCUT2D eigenvalue weighted by atomic mass is 10.2. The van der Waals surface area contributed by atoms with E-state index in [0.29, 0.717) is 11.3 Å². The van der Waals surface area contributed by atoms with E-state index >= 15 is 0 Å². The molecule has 2 aromatic heterocycles. The number of carbonyl (C=O) groups excluding carboxylic acids is 1. The van der Waals surface area contributed by atoms with Gasteiger partial charge in [-0.05, 0) is 0 Å². The molecule has 2 rings (SSSR count). The Kier molecular flexibility index (Phi) is 4.66. The Morgan fingerprint density at radius 2 is 2.24 bits per heavy atom. The number of esters is 1. The number of aryl methyl sites for hydroxylation is 1. The maximum Gasteiger partial charge on any atom is 0.360 e.